The number of oxazole rings is 1. The molecule has 0 aromatic carbocycles. The maximum absolute atomic E-state index is 11.3. The van der Waals surface area contributed by atoms with Gasteiger partial charge in [-0.05, 0) is 13.3 Å². The topological polar surface area (TPSA) is 97.5 Å². The van der Waals surface area contributed by atoms with Gasteiger partial charge in [0.25, 0.3) is 0 Å². The molecule has 1 aromatic heterocycles. The largest absolute Gasteiger partial charge is 0.481 e. The van der Waals surface area contributed by atoms with E-state index in [9.17, 15) is 13.2 Å². The van der Waals surface area contributed by atoms with Gasteiger partial charge in [0.1, 0.15) is 12.2 Å². The molecule has 94 valence electrons. The Morgan fingerprint density at radius 3 is 2.82 bits per heavy atom. The van der Waals surface area contributed by atoms with E-state index in [1.54, 1.807) is 6.92 Å². The SMILES string of the molecule is Cc1nc(C2CCS(=O)(=O)C2)oc1CC(=O)O. The normalized spacial score (nSPS) is 22.8. The summed E-state index contributed by atoms with van der Waals surface area (Å²) in [5.41, 5.74) is 0.520. The molecule has 0 bridgehead atoms. The summed E-state index contributed by atoms with van der Waals surface area (Å²) in [6.45, 7) is 1.66. The molecule has 0 radical (unpaired) electrons. The van der Waals surface area contributed by atoms with Crippen molar-refractivity contribution < 1.29 is 22.7 Å². The van der Waals surface area contributed by atoms with Crippen LogP contribution in [0.15, 0.2) is 4.42 Å². The highest BCUT2D eigenvalue weighted by Gasteiger charge is 2.32. The Morgan fingerprint density at radius 1 is 1.59 bits per heavy atom. The average Bonchev–Trinajstić information content (AvgIpc) is 2.70. The molecule has 1 N–H and O–H groups in total. The van der Waals surface area contributed by atoms with Crippen LogP contribution in [0.25, 0.3) is 0 Å². The zero-order valence-electron chi connectivity index (χ0n) is 9.34. The second-order valence-corrected chi connectivity index (χ2v) is 6.46. The third-order valence-electron chi connectivity index (χ3n) is 2.80. The van der Waals surface area contributed by atoms with Gasteiger partial charge in [-0.2, -0.15) is 0 Å². The van der Waals surface area contributed by atoms with E-state index in [1.165, 1.54) is 0 Å². The smallest absolute Gasteiger partial charge is 0.311 e. The van der Waals surface area contributed by atoms with Gasteiger partial charge >= 0.3 is 5.97 Å². The highest BCUT2D eigenvalue weighted by Crippen LogP contribution is 2.29. The van der Waals surface area contributed by atoms with Crippen molar-refractivity contribution in [3.63, 3.8) is 0 Å². The third kappa shape index (κ3) is 2.66. The quantitative estimate of drug-likeness (QED) is 0.849. The number of hydrogen-bond acceptors (Lipinski definition) is 5. The number of rotatable bonds is 3. The fourth-order valence-electron chi connectivity index (χ4n) is 1.92. The number of hydrogen-bond donors (Lipinski definition) is 1. The number of aromatic nitrogens is 1. The van der Waals surface area contributed by atoms with Crippen LogP contribution in [0.2, 0.25) is 0 Å². The van der Waals surface area contributed by atoms with Gasteiger partial charge in [0.15, 0.2) is 15.7 Å². The Morgan fingerprint density at radius 2 is 2.29 bits per heavy atom. The van der Waals surface area contributed by atoms with E-state index in [0.29, 0.717) is 23.8 Å². The molecule has 1 unspecified atom stereocenters. The van der Waals surface area contributed by atoms with Crippen LogP contribution in [0.3, 0.4) is 0 Å². The predicted molar refractivity (Wildman–Crippen MR) is 58.6 cm³/mol. The lowest BCUT2D eigenvalue weighted by atomic mass is 10.1. The summed E-state index contributed by atoms with van der Waals surface area (Å²) in [5, 5.41) is 8.67. The number of sulfone groups is 1. The predicted octanol–water partition coefficient (Wildman–Crippen LogP) is 0.512. The maximum atomic E-state index is 11.3. The van der Waals surface area contributed by atoms with Crippen molar-refractivity contribution in [2.45, 2.75) is 25.7 Å². The zero-order chi connectivity index (χ0) is 12.6. The fourth-order valence-corrected chi connectivity index (χ4v) is 3.65. The Balaban J connectivity index is 2.21. The number of carboxylic acids is 1. The van der Waals surface area contributed by atoms with Gasteiger partial charge < -0.3 is 9.52 Å². The van der Waals surface area contributed by atoms with Crippen LogP contribution in [-0.4, -0.2) is 36.0 Å². The van der Waals surface area contributed by atoms with Crippen LogP contribution in [0, 0.1) is 6.92 Å². The molecule has 0 saturated carbocycles. The van der Waals surface area contributed by atoms with Crippen molar-refractivity contribution >= 4 is 15.8 Å². The van der Waals surface area contributed by atoms with Gasteiger partial charge in [-0.3, -0.25) is 4.79 Å². The summed E-state index contributed by atoms with van der Waals surface area (Å²) in [6, 6.07) is 0. The molecule has 1 aliphatic rings. The maximum Gasteiger partial charge on any atom is 0.311 e. The number of aliphatic carboxylic acids is 1. The molecule has 2 rings (SSSR count). The van der Waals surface area contributed by atoms with Gasteiger partial charge in [-0.1, -0.05) is 0 Å². The zero-order valence-corrected chi connectivity index (χ0v) is 10.2. The first-order chi connectivity index (χ1) is 7.87. The number of carboxylic acid groups (broad SMARTS) is 1. The molecule has 1 fully saturated rings. The van der Waals surface area contributed by atoms with Crippen LogP contribution >= 0.6 is 0 Å². The van der Waals surface area contributed by atoms with Crippen molar-refractivity contribution in [2.75, 3.05) is 11.5 Å². The van der Waals surface area contributed by atoms with Crippen molar-refractivity contribution in [1.29, 1.82) is 0 Å². The minimum absolute atomic E-state index is 0.0411. The minimum atomic E-state index is -2.99. The van der Waals surface area contributed by atoms with E-state index in [0.717, 1.165) is 0 Å². The molecule has 2 heterocycles. The Bertz CT molecular complexity index is 545. The number of carbonyl (C=O) groups is 1. The number of nitrogens with zero attached hydrogens (tertiary/aromatic N) is 1. The molecule has 1 atom stereocenters. The summed E-state index contributed by atoms with van der Waals surface area (Å²) in [4.78, 5) is 14.7. The lowest BCUT2D eigenvalue weighted by Crippen LogP contribution is -2.04. The van der Waals surface area contributed by atoms with Crippen LogP contribution < -0.4 is 0 Å². The fraction of sp³-hybridized carbons (Fsp3) is 0.600. The summed E-state index contributed by atoms with van der Waals surface area (Å²) in [6.07, 6.45) is 0.271. The highest BCUT2D eigenvalue weighted by atomic mass is 32.2. The molecule has 0 amide bonds. The average molecular weight is 259 g/mol. The first-order valence-corrected chi connectivity index (χ1v) is 7.08. The number of aryl methyl sites for hydroxylation is 1. The van der Waals surface area contributed by atoms with Crippen LogP contribution in [0.4, 0.5) is 0 Å². The molecule has 1 saturated heterocycles. The standard InChI is InChI=1S/C10H13NO5S/c1-6-8(4-9(12)13)16-10(11-6)7-2-3-17(14,15)5-7/h7H,2-5H2,1H3,(H,12,13). The van der Waals surface area contributed by atoms with E-state index < -0.39 is 15.8 Å². The second kappa shape index (κ2) is 4.14. The van der Waals surface area contributed by atoms with Gasteiger partial charge in [0.2, 0.25) is 0 Å². The molecule has 17 heavy (non-hydrogen) atoms. The Hall–Kier alpha value is -1.37. The molecule has 1 aliphatic heterocycles. The van der Waals surface area contributed by atoms with E-state index in [1.807, 2.05) is 0 Å². The lowest BCUT2D eigenvalue weighted by molar-refractivity contribution is -0.136. The molecule has 1 aromatic rings. The molecular formula is C10H13NO5S. The molecule has 0 aliphatic carbocycles. The monoisotopic (exact) mass is 259 g/mol. The Kier molecular flexibility index (Phi) is 2.94. The van der Waals surface area contributed by atoms with Gasteiger partial charge in [-0.25, -0.2) is 13.4 Å². The van der Waals surface area contributed by atoms with Crippen molar-refractivity contribution in [2.24, 2.45) is 0 Å². The molecular weight excluding hydrogens is 246 g/mol. The summed E-state index contributed by atoms with van der Waals surface area (Å²) in [5.74, 6) is -0.389. The summed E-state index contributed by atoms with van der Waals surface area (Å²) >= 11 is 0. The minimum Gasteiger partial charge on any atom is -0.481 e. The molecule has 6 nitrogen and oxygen atoms in total. The second-order valence-electron chi connectivity index (χ2n) is 4.23. The van der Waals surface area contributed by atoms with Crippen molar-refractivity contribution in [3.8, 4) is 0 Å². The summed E-state index contributed by atoms with van der Waals surface area (Å²) < 4.78 is 28.0. The van der Waals surface area contributed by atoms with Crippen LogP contribution in [-0.2, 0) is 21.1 Å². The summed E-state index contributed by atoms with van der Waals surface area (Å²) in [7, 11) is -2.99. The first-order valence-electron chi connectivity index (χ1n) is 5.26. The third-order valence-corrected chi connectivity index (χ3v) is 4.57. The van der Waals surface area contributed by atoms with Crippen LogP contribution in [0.5, 0.6) is 0 Å². The van der Waals surface area contributed by atoms with Crippen molar-refractivity contribution in [3.05, 3.63) is 17.3 Å². The lowest BCUT2D eigenvalue weighted by Gasteiger charge is -2.00. The van der Waals surface area contributed by atoms with Crippen LogP contribution in [0.1, 0.15) is 29.7 Å². The van der Waals surface area contributed by atoms with Gasteiger partial charge in [0.05, 0.1) is 23.1 Å². The van der Waals surface area contributed by atoms with Crippen molar-refractivity contribution in [1.82, 2.24) is 4.98 Å². The van der Waals surface area contributed by atoms with E-state index in [2.05, 4.69) is 4.98 Å². The highest BCUT2D eigenvalue weighted by molar-refractivity contribution is 7.91. The molecule has 7 heteroatoms. The first kappa shape index (κ1) is 12.1. The van der Waals surface area contributed by atoms with E-state index in [4.69, 9.17) is 9.52 Å². The van der Waals surface area contributed by atoms with Gasteiger partial charge in [-0.15, -0.1) is 0 Å². The molecule has 0 spiro atoms. The Labute approximate surface area is 98.6 Å². The van der Waals surface area contributed by atoms with Gasteiger partial charge in [0, 0.05) is 0 Å². The van der Waals surface area contributed by atoms with E-state index in [-0.39, 0.29) is 23.8 Å². The van der Waals surface area contributed by atoms with E-state index >= 15 is 0 Å².